The fourth-order valence-electron chi connectivity index (χ4n) is 2.12. The highest BCUT2D eigenvalue weighted by Gasteiger charge is 2.10. The number of nitrogens with zero attached hydrogens (tertiary/aromatic N) is 3. The summed E-state index contributed by atoms with van der Waals surface area (Å²) in [5.41, 5.74) is 2.26. The van der Waals surface area contributed by atoms with Crippen LogP contribution in [0.25, 0.3) is 0 Å². The van der Waals surface area contributed by atoms with Crippen LogP contribution in [-0.2, 0) is 4.74 Å². The average molecular weight is 382 g/mol. The normalized spacial score (nSPS) is 15.2. The van der Waals surface area contributed by atoms with E-state index in [1.54, 1.807) is 12.5 Å². The maximum atomic E-state index is 5.37. The molecule has 0 unspecified atom stereocenters. The Morgan fingerprint density at radius 2 is 1.90 bits per heavy atom. The predicted molar refractivity (Wildman–Crippen MR) is 87.5 cm³/mol. The SMILES string of the molecule is Ic1cncnc1Nc1ccc(N2CCOCC2)cc1. The van der Waals surface area contributed by atoms with Crippen molar-refractivity contribution in [2.24, 2.45) is 0 Å². The Kier molecular flexibility index (Phi) is 4.31. The molecule has 3 rings (SSSR count). The highest BCUT2D eigenvalue weighted by Crippen LogP contribution is 2.22. The van der Waals surface area contributed by atoms with Crippen molar-refractivity contribution in [3.63, 3.8) is 0 Å². The van der Waals surface area contributed by atoms with Crippen LogP contribution in [0.4, 0.5) is 17.2 Å². The van der Waals surface area contributed by atoms with E-state index in [0.29, 0.717) is 0 Å². The first-order chi connectivity index (χ1) is 9.83. The Labute approximate surface area is 131 Å². The number of halogens is 1. The second kappa shape index (κ2) is 6.36. The van der Waals surface area contributed by atoms with E-state index in [0.717, 1.165) is 41.4 Å². The van der Waals surface area contributed by atoms with Gasteiger partial charge in [-0.1, -0.05) is 0 Å². The van der Waals surface area contributed by atoms with Gasteiger partial charge in [-0.2, -0.15) is 0 Å². The number of aromatic nitrogens is 2. The third-order valence-electron chi connectivity index (χ3n) is 3.17. The molecule has 0 amide bonds. The van der Waals surface area contributed by atoms with Crippen molar-refractivity contribution in [2.75, 3.05) is 36.5 Å². The minimum absolute atomic E-state index is 0.805. The van der Waals surface area contributed by atoms with E-state index >= 15 is 0 Å². The van der Waals surface area contributed by atoms with Crippen LogP contribution in [0.5, 0.6) is 0 Å². The molecule has 5 nitrogen and oxygen atoms in total. The topological polar surface area (TPSA) is 50.3 Å². The van der Waals surface area contributed by atoms with E-state index in [1.807, 2.05) is 0 Å². The van der Waals surface area contributed by atoms with E-state index in [9.17, 15) is 0 Å². The molecular weight excluding hydrogens is 367 g/mol. The zero-order valence-corrected chi connectivity index (χ0v) is 13.1. The molecule has 1 saturated heterocycles. The van der Waals surface area contributed by atoms with Crippen molar-refractivity contribution in [1.29, 1.82) is 0 Å². The molecule has 1 aliphatic rings. The van der Waals surface area contributed by atoms with E-state index in [2.05, 4.69) is 67.0 Å². The molecule has 2 aromatic rings. The molecule has 20 heavy (non-hydrogen) atoms. The minimum atomic E-state index is 0.805. The van der Waals surface area contributed by atoms with Crippen molar-refractivity contribution < 1.29 is 4.74 Å². The highest BCUT2D eigenvalue weighted by atomic mass is 127. The molecule has 6 heteroatoms. The third kappa shape index (κ3) is 3.18. The fourth-order valence-corrected chi connectivity index (χ4v) is 2.55. The second-order valence-electron chi connectivity index (χ2n) is 4.49. The predicted octanol–water partition coefficient (Wildman–Crippen LogP) is 2.66. The summed E-state index contributed by atoms with van der Waals surface area (Å²) in [4.78, 5) is 10.5. The summed E-state index contributed by atoms with van der Waals surface area (Å²) in [5, 5.41) is 3.30. The number of nitrogens with one attached hydrogen (secondary N) is 1. The molecule has 0 bridgehead atoms. The number of rotatable bonds is 3. The largest absolute Gasteiger partial charge is 0.378 e. The average Bonchev–Trinajstić information content (AvgIpc) is 2.51. The van der Waals surface area contributed by atoms with Gasteiger partial charge in [0.2, 0.25) is 0 Å². The van der Waals surface area contributed by atoms with Crippen LogP contribution in [0.15, 0.2) is 36.8 Å². The molecule has 0 aliphatic carbocycles. The van der Waals surface area contributed by atoms with Gasteiger partial charge in [-0.25, -0.2) is 9.97 Å². The van der Waals surface area contributed by atoms with Crippen molar-refractivity contribution in [3.8, 4) is 0 Å². The second-order valence-corrected chi connectivity index (χ2v) is 5.65. The van der Waals surface area contributed by atoms with Gasteiger partial charge < -0.3 is 15.0 Å². The Balaban J connectivity index is 1.71. The molecule has 0 atom stereocenters. The summed E-state index contributed by atoms with van der Waals surface area (Å²) in [6.45, 7) is 3.52. The zero-order chi connectivity index (χ0) is 13.8. The number of hydrogen-bond donors (Lipinski definition) is 1. The van der Waals surface area contributed by atoms with Gasteiger partial charge in [-0.3, -0.25) is 0 Å². The molecule has 2 heterocycles. The van der Waals surface area contributed by atoms with Gasteiger partial charge in [0, 0.05) is 30.7 Å². The maximum absolute atomic E-state index is 5.37. The number of benzene rings is 1. The van der Waals surface area contributed by atoms with Gasteiger partial charge in [0.15, 0.2) is 0 Å². The molecule has 0 radical (unpaired) electrons. The number of ether oxygens (including phenoxy) is 1. The Hall–Kier alpha value is -1.41. The van der Waals surface area contributed by atoms with Crippen molar-refractivity contribution in [3.05, 3.63) is 40.4 Å². The summed E-state index contributed by atoms with van der Waals surface area (Å²) in [6, 6.07) is 8.40. The summed E-state index contributed by atoms with van der Waals surface area (Å²) < 4.78 is 6.37. The van der Waals surface area contributed by atoms with Crippen molar-refractivity contribution >= 4 is 39.8 Å². The van der Waals surface area contributed by atoms with Crippen LogP contribution in [0.1, 0.15) is 0 Å². The maximum Gasteiger partial charge on any atom is 0.147 e. The number of hydrogen-bond acceptors (Lipinski definition) is 5. The van der Waals surface area contributed by atoms with E-state index in [1.165, 1.54) is 5.69 Å². The smallest absolute Gasteiger partial charge is 0.147 e. The minimum Gasteiger partial charge on any atom is -0.378 e. The summed E-state index contributed by atoms with van der Waals surface area (Å²) in [5.74, 6) is 0.833. The quantitative estimate of drug-likeness (QED) is 0.828. The Bertz CT molecular complexity index is 570. The monoisotopic (exact) mass is 382 g/mol. The van der Waals surface area contributed by atoms with E-state index in [-0.39, 0.29) is 0 Å². The molecule has 0 spiro atoms. The van der Waals surface area contributed by atoms with Gasteiger partial charge in [-0.05, 0) is 46.9 Å². The first-order valence-corrected chi connectivity index (χ1v) is 7.56. The van der Waals surface area contributed by atoms with Crippen LogP contribution in [0.2, 0.25) is 0 Å². The molecular formula is C14H15IN4O. The molecule has 1 aromatic carbocycles. The first kappa shape index (κ1) is 13.6. The van der Waals surface area contributed by atoms with Gasteiger partial charge in [-0.15, -0.1) is 0 Å². The van der Waals surface area contributed by atoms with Crippen LogP contribution in [0, 0.1) is 3.57 Å². The molecule has 0 saturated carbocycles. The van der Waals surface area contributed by atoms with Crippen molar-refractivity contribution in [2.45, 2.75) is 0 Å². The van der Waals surface area contributed by atoms with Gasteiger partial charge >= 0.3 is 0 Å². The lowest BCUT2D eigenvalue weighted by Gasteiger charge is -2.28. The van der Waals surface area contributed by atoms with Gasteiger partial charge in [0.05, 0.1) is 16.8 Å². The van der Waals surface area contributed by atoms with Crippen LogP contribution < -0.4 is 10.2 Å². The van der Waals surface area contributed by atoms with Crippen LogP contribution in [-0.4, -0.2) is 36.3 Å². The number of morpholine rings is 1. The zero-order valence-electron chi connectivity index (χ0n) is 10.9. The fraction of sp³-hybridized carbons (Fsp3) is 0.286. The Morgan fingerprint density at radius 1 is 1.15 bits per heavy atom. The van der Waals surface area contributed by atoms with Gasteiger partial charge in [0.25, 0.3) is 0 Å². The highest BCUT2D eigenvalue weighted by molar-refractivity contribution is 14.1. The lowest BCUT2D eigenvalue weighted by Crippen LogP contribution is -2.36. The number of anilines is 3. The lowest BCUT2D eigenvalue weighted by molar-refractivity contribution is 0.122. The van der Waals surface area contributed by atoms with Gasteiger partial charge in [0.1, 0.15) is 12.1 Å². The molecule has 1 aliphatic heterocycles. The molecule has 1 fully saturated rings. The van der Waals surface area contributed by atoms with E-state index in [4.69, 9.17) is 4.74 Å². The van der Waals surface area contributed by atoms with Crippen LogP contribution in [0.3, 0.4) is 0 Å². The van der Waals surface area contributed by atoms with Crippen molar-refractivity contribution in [1.82, 2.24) is 9.97 Å². The molecule has 1 aromatic heterocycles. The van der Waals surface area contributed by atoms with Crippen LogP contribution >= 0.6 is 22.6 Å². The summed E-state index contributed by atoms with van der Waals surface area (Å²) >= 11 is 2.22. The molecule has 104 valence electrons. The van der Waals surface area contributed by atoms with E-state index < -0.39 is 0 Å². The molecule has 1 N–H and O–H groups in total. The Morgan fingerprint density at radius 3 is 2.60 bits per heavy atom. The standard InChI is InChI=1S/C14H15IN4O/c15-13-9-16-10-17-14(13)18-11-1-3-12(4-2-11)19-5-7-20-8-6-19/h1-4,9-10H,5-8H2,(H,16,17,18). The summed E-state index contributed by atoms with van der Waals surface area (Å²) in [7, 11) is 0. The first-order valence-electron chi connectivity index (χ1n) is 6.48. The third-order valence-corrected chi connectivity index (χ3v) is 3.96. The lowest BCUT2D eigenvalue weighted by atomic mass is 10.2. The summed E-state index contributed by atoms with van der Waals surface area (Å²) in [6.07, 6.45) is 3.34.